The maximum atomic E-state index is 12.0. The zero-order valence-electron chi connectivity index (χ0n) is 12.7. The van der Waals surface area contributed by atoms with E-state index in [1.165, 1.54) is 0 Å². The summed E-state index contributed by atoms with van der Waals surface area (Å²) in [6, 6.07) is 14.3. The lowest BCUT2D eigenvalue weighted by Gasteiger charge is -2.10. The van der Waals surface area contributed by atoms with Crippen molar-refractivity contribution >= 4 is 23.2 Å². The van der Waals surface area contributed by atoms with Gasteiger partial charge < -0.3 is 15.7 Å². The van der Waals surface area contributed by atoms with E-state index in [0.29, 0.717) is 11.6 Å². The van der Waals surface area contributed by atoms with E-state index < -0.39 is 0 Å². The van der Waals surface area contributed by atoms with Crippen molar-refractivity contribution in [2.75, 3.05) is 10.6 Å². The van der Waals surface area contributed by atoms with E-state index in [9.17, 15) is 9.90 Å². The third-order valence-corrected chi connectivity index (χ3v) is 3.77. The van der Waals surface area contributed by atoms with Crippen LogP contribution in [0.1, 0.15) is 5.56 Å². The Hall–Kier alpha value is -3.41. The number of carbonyl (C=O) groups excluding carboxylic acids is 1. The summed E-state index contributed by atoms with van der Waals surface area (Å²) < 4.78 is 0. The molecule has 24 heavy (non-hydrogen) atoms. The highest BCUT2D eigenvalue weighted by atomic mass is 16.3. The summed E-state index contributed by atoms with van der Waals surface area (Å²) >= 11 is 0. The van der Waals surface area contributed by atoms with Crippen LogP contribution in [0, 0.1) is 0 Å². The van der Waals surface area contributed by atoms with E-state index in [1.807, 2.05) is 30.3 Å². The van der Waals surface area contributed by atoms with Gasteiger partial charge in [-0.25, -0.2) is 9.97 Å². The van der Waals surface area contributed by atoms with Crippen LogP contribution in [0.5, 0.6) is 5.75 Å². The highest BCUT2D eigenvalue weighted by molar-refractivity contribution is 5.99. The molecule has 0 bridgehead atoms. The third-order valence-electron chi connectivity index (χ3n) is 3.77. The summed E-state index contributed by atoms with van der Waals surface area (Å²) in [5.41, 5.74) is 3.79. The molecule has 0 unspecified atom stereocenters. The summed E-state index contributed by atoms with van der Waals surface area (Å²) in [6.07, 6.45) is 1.89. The molecule has 2 aromatic carbocycles. The van der Waals surface area contributed by atoms with Crippen LogP contribution in [0.2, 0.25) is 0 Å². The van der Waals surface area contributed by atoms with Crippen molar-refractivity contribution < 1.29 is 9.90 Å². The molecule has 0 fully saturated rings. The first-order valence-electron chi connectivity index (χ1n) is 7.50. The van der Waals surface area contributed by atoms with Crippen molar-refractivity contribution in [1.29, 1.82) is 0 Å². The van der Waals surface area contributed by atoms with Crippen LogP contribution < -0.4 is 10.6 Å². The lowest BCUT2D eigenvalue weighted by molar-refractivity contribution is -0.115. The Labute approximate surface area is 138 Å². The summed E-state index contributed by atoms with van der Waals surface area (Å²) in [6.45, 7) is 0. The SMILES string of the molecule is O=C1Cc2cnc(Nc3cccc(O)c3)nc2-c2ccccc2N1. The molecule has 1 amide bonds. The van der Waals surface area contributed by atoms with E-state index in [-0.39, 0.29) is 18.1 Å². The number of hydrogen-bond acceptors (Lipinski definition) is 5. The highest BCUT2D eigenvalue weighted by Crippen LogP contribution is 2.32. The van der Waals surface area contributed by atoms with E-state index in [1.54, 1.807) is 24.4 Å². The van der Waals surface area contributed by atoms with E-state index in [2.05, 4.69) is 20.6 Å². The molecule has 1 aromatic heterocycles. The number of phenolic OH excluding ortho intramolecular Hbond substituents is 1. The highest BCUT2D eigenvalue weighted by Gasteiger charge is 2.20. The van der Waals surface area contributed by atoms with Gasteiger partial charge >= 0.3 is 0 Å². The minimum atomic E-state index is -0.0847. The van der Waals surface area contributed by atoms with Crippen molar-refractivity contribution in [3.8, 4) is 17.0 Å². The van der Waals surface area contributed by atoms with Crippen LogP contribution in [0.4, 0.5) is 17.3 Å². The fourth-order valence-electron chi connectivity index (χ4n) is 2.71. The van der Waals surface area contributed by atoms with Crippen molar-refractivity contribution in [3.05, 3.63) is 60.3 Å². The van der Waals surface area contributed by atoms with Gasteiger partial charge in [0.05, 0.1) is 17.8 Å². The first-order valence-corrected chi connectivity index (χ1v) is 7.50. The van der Waals surface area contributed by atoms with Crippen molar-refractivity contribution in [2.45, 2.75) is 6.42 Å². The van der Waals surface area contributed by atoms with Gasteiger partial charge in [-0.05, 0) is 18.2 Å². The molecular formula is C18H14N4O2. The number of phenols is 1. The monoisotopic (exact) mass is 318 g/mol. The first-order chi connectivity index (χ1) is 11.7. The second-order valence-corrected chi connectivity index (χ2v) is 5.51. The molecular weight excluding hydrogens is 304 g/mol. The largest absolute Gasteiger partial charge is 0.508 e. The predicted octanol–water partition coefficient (Wildman–Crippen LogP) is 3.09. The third kappa shape index (κ3) is 2.65. The van der Waals surface area contributed by atoms with Crippen LogP contribution in [-0.4, -0.2) is 21.0 Å². The van der Waals surface area contributed by atoms with Crippen molar-refractivity contribution in [2.24, 2.45) is 0 Å². The molecule has 0 aliphatic carbocycles. The molecule has 6 heteroatoms. The minimum absolute atomic E-state index is 0.0847. The van der Waals surface area contributed by atoms with Gasteiger partial charge in [-0.1, -0.05) is 24.3 Å². The predicted molar refractivity (Wildman–Crippen MR) is 91.2 cm³/mol. The smallest absolute Gasteiger partial charge is 0.228 e. The molecule has 4 rings (SSSR count). The number of carbonyl (C=O) groups is 1. The molecule has 0 saturated heterocycles. The quantitative estimate of drug-likeness (QED) is 0.676. The van der Waals surface area contributed by atoms with Crippen LogP contribution in [0.15, 0.2) is 54.7 Å². The van der Waals surface area contributed by atoms with Crippen LogP contribution >= 0.6 is 0 Å². The molecule has 0 atom stereocenters. The fraction of sp³-hybridized carbons (Fsp3) is 0.0556. The van der Waals surface area contributed by atoms with Gasteiger partial charge in [0.15, 0.2) is 0 Å². The van der Waals surface area contributed by atoms with Gasteiger partial charge in [0.2, 0.25) is 11.9 Å². The zero-order valence-corrected chi connectivity index (χ0v) is 12.7. The second-order valence-electron chi connectivity index (χ2n) is 5.51. The number of nitrogens with zero attached hydrogens (tertiary/aromatic N) is 2. The molecule has 6 nitrogen and oxygen atoms in total. The Kier molecular flexibility index (Phi) is 3.35. The molecule has 1 aliphatic rings. The van der Waals surface area contributed by atoms with E-state index in [4.69, 9.17) is 0 Å². The number of aromatic nitrogens is 2. The minimum Gasteiger partial charge on any atom is -0.508 e. The molecule has 1 aliphatic heterocycles. The molecule has 0 radical (unpaired) electrons. The number of nitrogens with one attached hydrogen (secondary N) is 2. The number of para-hydroxylation sites is 1. The van der Waals surface area contributed by atoms with Crippen molar-refractivity contribution in [1.82, 2.24) is 9.97 Å². The standard InChI is InChI=1S/C18H14N4O2/c23-13-5-3-4-12(9-13)20-18-19-10-11-8-16(24)21-15-7-2-1-6-14(15)17(11)22-18/h1-7,9-10,23H,8H2,(H,21,24)(H,19,20,22). The number of anilines is 3. The molecule has 2 heterocycles. The Morgan fingerprint density at radius 2 is 2.00 bits per heavy atom. The maximum Gasteiger partial charge on any atom is 0.228 e. The zero-order chi connectivity index (χ0) is 16.5. The van der Waals surface area contributed by atoms with Gasteiger partial charge in [0.25, 0.3) is 0 Å². The van der Waals surface area contributed by atoms with Gasteiger partial charge in [-0.3, -0.25) is 4.79 Å². The maximum absolute atomic E-state index is 12.0. The Morgan fingerprint density at radius 1 is 1.12 bits per heavy atom. The number of hydrogen-bond donors (Lipinski definition) is 3. The number of amides is 1. The number of benzene rings is 2. The summed E-state index contributed by atoms with van der Waals surface area (Å²) in [5, 5.41) is 15.5. The lowest BCUT2D eigenvalue weighted by Crippen LogP contribution is -2.12. The van der Waals surface area contributed by atoms with Crippen LogP contribution in [0.25, 0.3) is 11.3 Å². The fourth-order valence-corrected chi connectivity index (χ4v) is 2.71. The van der Waals surface area contributed by atoms with Gasteiger partial charge in [-0.15, -0.1) is 0 Å². The average Bonchev–Trinajstić information content (AvgIpc) is 2.70. The topological polar surface area (TPSA) is 87.1 Å². The average molecular weight is 318 g/mol. The summed E-state index contributed by atoms with van der Waals surface area (Å²) in [5.74, 6) is 0.483. The molecule has 118 valence electrons. The van der Waals surface area contributed by atoms with E-state index >= 15 is 0 Å². The number of aromatic hydroxyl groups is 1. The number of fused-ring (bicyclic) bond motifs is 3. The van der Waals surface area contributed by atoms with Crippen molar-refractivity contribution in [3.63, 3.8) is 0 Å². The molecule has 0 spiro atoms. The summed E-state index contributed by atoms with van der Waals surface area (Å²) in [7, 11) is 0. The van der Waals surface area contributed by atoms with Gasteiger partial charge in [0, 0.05) is 29.1 Å². The second kappa shape index (κ2) is 5.66. The van der Waals surface area contributed by atoms with Crippen LogP contribution in [0.3, 0.4) is 0 Å². The normalized spacial score (nSPS) is 12.6. The Morgan fingerprint density at radius 3 is 2.88 bits per heavy atom. The Bertz CT molecular complexity index is 940. The first kappa shape index (κ1) is 14.2. The molecule has 3 N–H and O–H groups in total. The van der Waals surface area contributed by atoms with Crippen LogP contribution in [-0.2, 0) is 11.2 Å². The molecule has 0 saturated carbocycles. The van der Waals surface area contributed by atoms with Gasteiger partial charge in [-0.2, -0.15) is 0 Å². The van der Waals surface area contributed by atoms with Gasteiger partial charge in [0.1, 0.15) is 5.75 Å². The summed E-state index contributed by atoms with van der Waals surface area (Å²) in [4.78, 5) is 20.9. The van der Waals surface area contributed by atoms with E-state index in [0.717, 1.165) is 22.5 Å². The number of rotatable bonds is 2. The molecule has 3 aromatic rings. The lowest BCUT2D eigenvalue weighted by atomic mass is 10.1. The Balaban J connectivity index is 1.78.